The van der Waals surface area contributed by atoms with E-state index in [1.807, 2.05) is 6.92 Å². The molecular weight excluding hydrogens is 202 g/mol. The lowest BCUT2D eigenvalue weighted by Crippen LogP contribution is -2.15. The van der Waals surface area contributed by atoms with Crippen LogP contribution >= 0.6 is 0 Å². The predicted molar refractivity (Wildman–Crippen MR) is 65.6 cm³/mol. The average Bonchev–Trinajstić information content (AvgIpc) is 2.73. The van der Waals surface area contributed by atoms with Gasteiger partial charge in [0.05, 0.1) is 0 Å². The van der Waals surface area contributed by atoms with E-state index in [4.69, 9.17) is 4.84 Å². The number of nitrogens with zero attached hydrogens (tertiary/aromatic N) is 1. The summed E-state index contributed by atoms with van der Waals surface area (Å²) in [5, 5.41) is 3.90. The molecule has 0 aromatic heterocycles. The summed E-state index contributed by atoms with van der Waals surface area (Å²) in [5.41, 5.74) is 0.655. The Labute approximate surface area is 98.2 Å². The Bertz CT molecular complexity index is 248. The highest BCUT2D eigenvalue weighted by Gasteiger charge is 2.24. The third kappa shape index (κ3) is 4.33. The van der Waals surface area contributed by atoms with Gasteiger partial charge in [-0.2, -0.15) is 0 Å². The first-order valence-electron chi connectivity index (χ1n) is 6.53. The maximum atomic E-state index is 11.6. The molecule has 1 aliphatic rings. The quantitative estimate of drug-likeness (QED) is 0.593. The van der Waals surface area contributed by atoms with Crippen LogP contribution in [-0.2, 0) is 9.63 Å². The lowest BCUT2D eigenvalue weighted by molar-refractivity contribution is -0.113. The minimum absolute atomic E-state index is 0.160. The third-order valence-corrected chi connectivity index (χ3v) is 2.91. The van der Waals surface area contributed by atoms with Gasteiger partial charge in [-0.3, -0.25) is 4.79 Å². The van der Waals surface area contributed by atoms with Crippen LogP contribution in [0.5, 0.6) is 0 Å². The van der Waals surface area contributed by atoms with Gasteiger partial charge in [0.1, 0.15) is 11.8 Å². The molecule has 3 nitrogen and oxygen atoms in total. The molecule has 0 aliphatic carbocycles. The van der Waals surface area contributed by atoms with Crippen LogP contribution < -0.4 is 0 Å². The Morgan fingerprint density at radius 3 is 2.81 bits per heavy atom. The molecule has 0 fully saturated rings. The molecular formula is C13H23NO2. The maximum Gasteiger partial charge on any atom is 0.180 e. The number of carbonyl (C=O) groups excluding carboxylic acids is 1. The fraction of sp³-hybridized carbons (Fsp3) is 0.846. The number of rotatable bonds is 8. The molecule has 1 rings (SSSR count). The molecule has 1 aliphatic heterocycles. The molecule has 0 saturated carbocycles. The minimum atomic E-state index is 0.160. The molecule has 1 heterocycles. The van der Waals surface area contributed by atoms with E-state index in [1.54, 1.807) is 0 Å². The van der Waals surface area contributed by atoms with Gasteiger partial charge >= 0.3 is 0 Å². The van der Waals surface area contributed by atoms with Crippen molar-refractivity contribution < 1.29 is 9.63 Å². The van der Waals surface area contributed by atoms with Crippen LogP contribution in [0.4, 0.5) is 0 Å². The Hall–Kier alpha value is -0.860. The Morgan fingerprint density at radius 1 is 1.31 bits per heavy atom. The van der Waals surface area contributed by atoms with Gasteiger partial charge in [0.25, 0.3) is 0 Å². The van der Waals surface area contributed by atoms with Gasteiger partial charge in [-0.15, -0.1) is 0 Å². The molecule has 0 aromatic rings. The second-order valence-electron chi connectivity index (χ2n) is 4.49. The van der Waals surface area contributed by atoms with Gasteiger partial charge in [-0.05, 0) is 19.3 Å². The van der Waals surface area contributed by atoms with Crippen molar-refractivity contribution in [2.24, 2.45) is 5.16 Å². The monoisotopic (exact) mass is 225 g/mol. The number of unbranched alkanes of at least 4 members (excludes halogenated alkanes) is 3. The van der Waals surface area contributed by atoms with Crippen LogP contribution in [0.15, 0.2) is 5.16 Å². The third-order valence-electron chi connectivity index (χ3n) is 2.91. The van der Waals surface area contributed by atoms with Crippen molar-refractivity contribution in [2.75, 3.05) is 0 Å². The highest BCUT2D eigenvalue weighted by atomic mass is 16.6. The van der Waals surface area contributed by atoms with Crippen molar-refractivity contribution >= 4 is 11.5 Å². The summed E-state index contributed by atoms with van der Waals surface area (Å²) in [6.07, 6.45) is 8.39. The smallest absolute Gasteiger partial charge is 0.180 e. The van der Waals surface area contributed by atoms with E-state index in [9.17, 15) is 4.79 Å². The van der Waals surface area contributed by atoms with Crippen LogP contribution in [-0.4, -0.2) is 17.6 Å². The standard InChI is InChI=1S/C13H23NO2/c1-3-5-6-7-9-11-10-12(14-16-11)13(15)8-4-2/h11H,3-10H2,1-2H3. The first-order valence-corrected chi connectivity index (χ1v) is 6.53. The summed E-state index contributed by atoms with van der Waals surface area (Å²) >= 11 is 0. The fourth-order valence-electron chi connectivity index (χ4n) is 1.92. The van der Waals surface area contributed by atoms with Crippen LogP contribution in [0.3, 0.4) is 0 Å². The van der Waals surface area contributed by atoms with E-state index >= 15 is 0 Å². The molecule has 0 amide bonds. The highest BCUT2D eigenvalue weighted by Crippen LogP contribution is 2.18. The summed E-state index contributed by atoms with van der Waals surface area (Å²) < 4.78 is 0. The van der Waals surface area contributed by atoms with E-state index in [0.717, 1.165) is 19.3 Å². The van der Waals surface area contributed by atoms with Gasteiger partial charge in [0.2, 0.25) is 0 Å². The fourth-order valence-corrected chi connectivity index (χ4v) is 1.92. The molecule has 16 heavy (non-hydrogen) atoms. The zero-order valence-corrected chi connectivity index (χ0v) is 10.5. The molecule has 0 radical (unpaired) electrons. The first kappa shape index (κ1) is 13.2. The Kier molecular flexibility index (Phi) is 6.12. The van der Waals surface area contributed by atoms with Crippen LogP contribution in [0.25, 0.3) is 0 Å². The van der Waals surface area contributed by atoms with E-state index in [1.165, 1.54) is 25.7 Å². The van der Waals surface area contributed by atoms with E-state index < -0.39 is 0 Å². The molecule has 0 N–H and O–H groups in total. The minimum Gasteiger partial charge on any atom is -0.392 e. The van der Waals surface area contributed by atoms with Gasteiger partial charge in [-0.25, -0.2) is 0 Å². The lowest BCUT2D eigenvalue weighted by Gasteiger charge is -2.06. The van der Waals surface area contributed by atoms with Gasteiger partial charge < -0.3 is 4.84 Å². The first-order chi connectivity index (χ1) is 7.77. The molecule has 0 saturated heterocycles. The number of hydrogen-bond acceptors (Lipinski definition) is 3. The number of carbonyl (C=O) groups is 1. The highest BCUT2D eigenvalue weighted by molar-refractivity contribution is 6.40. The molecule has 0 spiro atoms. The second kappa shape index (κ2) is 7.42. The van der Waals surface area contributed by atoms with Crippen molar-refractivity contribution in [1.82, 2.24) is 0 Å². The number of oxime groups is 1. The summed E-state index contributed by atoms with van der Waals surface area (Å²) in [6, 6.07) is 0. The summed E-state index contributed by atoms with van der Waals surface area (Å²) in [5.74, 6) is 0.165. The van der Waals surface area contributed by atoms with Crippen LogP contribution in [0.1, 0.15) is 65.2 Å². The second-order valence-corrected chi connectivity index (χ2v) is 4.49. The van der Waals surface area contributed by atoms with Gasteiger partial charge in [0.15, 0.2) is 5.78 Å². The van der Waals surface area contributed by atoms with E-state index in [0.29, 0.717) is 12.1 Å². The largest absolute Gasteiger partial charge is 0.392 e. The van der Waals surface area contributed by atoms with Crippen molar-refractivity contribution in [3.05, 3.63) is 0 Å². The van der Waals surface area contributed by atoms with Crippen molar-refractivity contribution in [3.63, 3.8) is 0 Å². The van der Waals surface area contributed by atoms with Crippen LogP contribution in [0.2, 0.25) is 0 Å². The molecule has 1 unspecified atom stereocenters. The molecule has 0 bridgehead atoms. The van der Waals surface area contributed by atoms with Crippen molar-refractivity contribution in [2.45, 2.75) is 71.3 Å². The lowest BCUT2D eigenvalue weighted by atomic mass is 10.0. The maximum absolute atomic E-state index is 11.6. The normalized spacial score (nSPS) is 19.4. The summed E-state index contributed by atoms with van der Waals surface area (Å²) in [7, 11) is 0. The Balaban J connectivity index is 2.15. The molecule has 1 atom stereocenters. The molecule has 0 aromatic carbocycles. The van der Waals surface area contributed by atoms with Gasteiger partial charge in [-0.1, -0.05) is 38.3 Å². The molecule has 92 valence electrons. The topological polar surface area (TPSA) is 38.7 Å². The van der Waals surface area contributed by atoms with Crippen molar-refractivity contribution in [1.29, 1.82) is 0 Å². The number of Topliss-reactive ketones (excluding diaryl/α,β-unsaturated/α-hetero) is 1. The molecule has 3 heteroatoms. The number of hydrogen-bond donors (Lipinski definition) is 0. The zero-order chi connectivity index (χ0) is 11.8. The van der Waals surface area contributed by atoms with E-state index in [-0.39, 0.29) is 11.9 Å². The average molecular weight is 225 g/mol. The number of ketones is 1. The summed E-state index contributed by atoms with van der Waals surface area (Å²) in [6.45, 7) is 4.22. The van der Waals surface area contributed by atoms with E-state index in [2.05, 4.69) is 12.1 Å². The zero-order valence-electron chi connectivity index (χ0n) is 10.5. The summed E-state index contributed by atoms with van der Waals surface area (Å²) in [4.78, 5) is 16.8. The van der Waals surface area contributed by atoms with Crippen LogP contribution in [0, 0.1) is 0 Å². The predicted octanol–water partition coefficient (Wildman–Crippen LogP) is 3.47. The van der Waals surface area contributed by atoms with Crippen molar-refractivity contribution in [3.8, 4) is 0 Å². The van der Waals surface area contributed by atoms with Gasteiger partial charge in [0, 0.05) is 12.8 Å². The Morgan fingerprint density at radius 2 is 2.12 bits per heavy atom. The SMILES string of the molecule is CCCCCCC1CC(C(=O)CCC)=NO1.